The highest BCUT2D eigenvalue weighted by molar-refractivity contribution is 5.92. The van der Waals surface area contributed by atoms with E-state index >= 15 is 0 Å². The molecular formula is C28H26F6N2O4. The number of benzene rings is 2. The van der Waals surface area contributed by atoms with Gasteiger partial charge in [-0.3, -0.25) is 4.79 Å². The van der Waals surface area contributed by atoms with E-state index in [2.05, 4.69) is 4.98 Å². The highest BCUT2D eigenvalue weighted by Crippen LogP contribution is 2.46. The van der Waals surface area contributed by atoms with Crippen molar-refractivity contribution in [2.75, 3.05) is 19.7 Å². The zero-order chi connectivity index (χ0) is 28.8. The van der Waals surface area contributed by atoms with Crippen LogP contribution in [-0.2, 0) is 21.8 Å². The van der Waals surface area contributed by atoms with Crippen molar-refractivity contribution in [3.8, 4) is 0 Å². The summed E-state index contributed by atoms with van der Waals surface area (Å²) < 4.78 is 97.9. The van der Waals surface area contributed by atoms with Gasteiger partial charge in [0.1, 0.15) is 6.26 Å². The summed E-state index contributed by atoms with van der Waals surface area (Å²) in [6, 6.07) is 8.91. The Bertz CT molecular complexity index is 1330. The van der Waals surface area contributed by atoms with Crippen molar-refractivity contribution in [1.82, 2.24) is 9.88 Å². The molecule has 3 aromatic rings. The van der Waals surface area contributed by atoms with Crippen LogP contribution in [0.15, 0.2) is 59.5 Å². The molecule has 5 rings (SSSR count). The third kappa shape index (κ3) is 5.60. The first-order valence-electron chi connectivity index (χ1n) is 12.6. The highest BCUT2D eigenvalue weighted by Gasteiger charge is 2.49. The van der Waals surface area contributed by atoms with E-state index < -0.39 is 41.8 Å². The zero-order valence-corrected chi connectivity index (χ0v) is 21.5. The van der Waals surface area contributed by atoms with Crippen molar-refractivity contribution in [3.05, 3.63) is 88.6 Å². The molecule has 2 saturated heterocycles. The Labute approximate surface area is 225 Å². The van der Waals surface area contributed by atoms with Gasteiger partial charge in [-0.15, -0.1) is 0 Å². The molecule has 0 spiro atoms. The van der Waals surface area contributed by atoms with Crippen LogP contribution in [0.25, 0.3) is 0 Å². The summed E-state index contributed by atoms with van der Waals surface area (Å²) >= 11 is 0. The lowest BCUT2D eigenvalue weighted by molar-refractivity contribution is -0.217. The summed E-state index contributed by atoms with van der Waals surface area (Å²) in [5, 5.41) is 0. The monoisotopic (exact) mass is 568 g/mol. The molecule has 1 amide bonds. The van der Waals surface area contributed by atoms with Gasteiger partial charge in [0, 0.05) is 24.9 Å². The second-order valence-corrected chi connectivity index (χ2v) is 10.2. The van der Waals surface area contributed by atoms with Gasteiger partial charge < -0.3 is 18.8 Å². The third-order valence-corrected chi connectivity index (χ3v) is 7.62. The first-order chi connectivity index (χ1) is 18.8. The summed E-state index contributed by atoms with van der Waals surface area (Å²) in [6.45, 7) is 4.23. The Morgan fingerprint density at radius 3 is 2.33 bits per heavy atom. The Morgan fingerprint density at radius 1 is 1.05 bits per heavy atom. The maximum Gasteiger partial charge on any atom is 0.416 e. The van der Waals surface area contributed by atoms with E-state index in [1.54, 1.807) is 4.90 Å². The van der Waals surface area contributed by atoms with Gasteiger partial charge in [-0.1, -0.05) is 24.3 Å². The highest BCUT2D eigenvalue weighted by atomic mass is 19.4. The molecule has 0 bridgehead atoms. The number of oxazole rings is 1. The van der Waals surface area contributed by atoms with Crippen LogP contribution in [0.5, 0.6) is 0 Å². The van der Waals surface area contributed by atoms with Gasteiger partial charge in [0.2, 0.25) is 0 Å². The van der Waals surface area contributed by atoms with Crippen LogP contribution >= 0.6 is 0 Å². The number of amides is 1. The molecule has 1 aromatic heterocycles. The molecule has 0 aliphatic carbocycles. The van der Waals surface area contributed by atoms with Crippen molar-refractivity contribution in [1.29, 1.82) is 0 Å². The molecule has 0 radical (unpaired) electrons. The molecule has 6 nitrogen and oxygen atoms in total. The smallest absolute Gasteiger partial charge is 0.416 e. The number of carbonyl (C=O) groups excluding carboxylic acids is 1. The molecular weight excluding hydrogens is 542 g/mol. The Balaban J connectivity index is 1.46. The van der Waals surface area contributed by atoms with E-state index in [1.165, 1.54) is 19.6 Å². The van der Waals surface area contributed by atoms with Crippen molar-refractivity contribution in [3.63, 3.8) is 0 Å². The van der Waals surface area contributed by atoms with Crippen molar-refractivity contribution in [2.45, 2.75) is 44.5 Å². The minimum Gasteiger partial charge on any atom is -0.451 e. The fourth-order valence-corrected chi connectivity index (χ4v) is 5.60. The van der Waals surface area contributed by atoms with Gasteiger partial charge in [0.05, 0.1) is 23.8 Å². The average Bonchev–Trinajstić information content (AvgIpc) is 3.58. The van der Waals surface area contributed by atoms with E-state index in [1.807, 2.05) is 31.2 Å². The fraction of sp³-hybridized carbons (Fsp3) is 0.429. The Kier molecular flexibility index (Phi) is 7.43. The van der Waals surface area contributed by atoms with Gasteiger partial charge >= 0.3 is 12.4 Å². The minimum absolute atomic E-state index is 0.0685. The Morgan fingerprint density at radius 2 is 1.73 bits per heavy atom. The third-order valence-electron chi connectivity index (χ3n) is 7.62. The van der Waals surface area contributed by atoms with Gasteiger partial charge in [-0.2, -0.15) is 26.3 Å². The molecule has 2 aliphatic rings. The predicted molar refractivity (Wildman–Crippen MR) is 129 cm³/mol. The Hall–Kier alpha value is -3.38. The largest absolute Gasteiger partial charge is 0.451 e. The van der Waals surface area contributed by atoms with Crippen LogP contribution in [0, 0.1) is 18.8 Å². The van der Waals surface area contributed by atoms with Crippen molar-refractivity contribution in [2.24, 2.45) is 11.8 Å². The zero-order valence-electron chi connectivity index (χ0n) is 21.5. The fourth-order valence-electron chi connectivity index (χ4n) is 5.60. The van der Waals surface area contributed by atoms with Gasteiger partial charge in [0.25, 0.3) is 5.91 Å². The molecule has 5 atom stereocenters. The van der Waals surface area contributed by atoms with Crippen LogP contribution in [0.4, 0.5) is 26.3 Å². The number of carbonyl (C=O) groups is 1. The number of alkyl halides is 6. The number of rotatable bonds is 5. The molecule has 40 heavy (non-hydrogen) atoms. The van der Waals surface area contributed by atoms with Gasteiger partial charge in [-0.05, 0) is 54.7 Å². The second kappa shape index (κ2) is 10.5. The number of hydrogen-bond donors (Lipinski definition) is 0. The van der Waals surface area contributed by atoms with Crippen LogP contribution < -0.4 is 0 Å². The number of likely N-dealkylation sites (tertiary alicyclic amines) is 1. The molecule has 1 unspecified atom stereocenters. The summed E-state index contributed by atoms with van der Waals surface area (Å²) in [7, 11) is 0. The number of fused-ring (bicyclic) bond motifs is 1. The average molecular weight is 569 g/mol. The standard InChI is InChI=1S/C28H26F6N2O4/c1-15-5-3-4-6-21(15)24-22-11-36(25(37)23-13-38-14-35-23)10-18(22)12-39-26(24)40-16(2)17-7-19(27(29,30)31)9-20(8-17)28(32,33)34/h3-9,13-14,16,18,22,24,26H,10-12H2,1-2H3/t16-,18+,22?,24+,26-/m1/s1. The molecule has 2 aliphatic heterocycles. The minimum atomic E-state index is -4.97. The molecule has 3 heterocycles. The molecule has 0 saturated carbocycles. The summed E-state index contributed by atoms with van der Waals surface area (Å²) in [5.74, 6) is -0.956. The number of hydrogen-bond acceptors (Lipinski definition) is 5. The molecule has 12 heteroatoms. The first kappa shape index (κ1) is 28.2. The SMILES string of the molecule is Cc1ccccc1[C@H]1C2CN(C(=O)c3cocn3)C[C@H]2CO[C@@H]1O[C@H](C)c1cc(C(F)(F)F)cc(C(F)(F)F)c1. The lowest BCUT2D eigenvalue weighted by Gasteiger charge is -2.41. The predicted octanol–water partition coefficient (Wildman–Crippen LogP) is 6.63. The number of ether oxygens (including phenoxy) is 2. The number of aromatic nitrogens is 1. The summed E-state index contributed by atoms with van der Waals surface area (Å²) in [5.41, 5.74) is -1.15. The van der Waals surface area contributed by atoms with Gasteiger partial charge in [-0.25, -0.2) is 4.98 Å². The maximum absolute atomic E-state index is 13.5. The van der Waals surface area contributed by atoms with E-state index in [0.717, 1.165) is 11.1 Å². The van der Waals surface area contributed by atoms with E-state index in [4.69, 9.17) is 13.9 Å². The van der Waals surface area contributed by atoms with E-state index in [0.29, 0.717) is 25.2 Å². The second-order valence-electron chi connectivity index (χ2n) is 10.2. The van der Waals surface area contributed by atoms with E-state index in [9.17, 15) is 31.1 Å². The first-order valence-corrected chi connectivity index (χ1v) is 12.6. The van der Waals surface area contributed by atoms with Gasteiger partial charge in [0.15, 0.2) is 18.4 Å². The molecule has 214 valence electrons. The number of halogens is 6. The number of aryl methyl sites for hydroxylation is 1. The van der Waals surface area contributed by atoms with Crippen LogP contribution in [0.1, 0.15) is 57.3 Å². The van der Waals surface area contributed by atoms with Crippen LogP contribution in [-0.4, -0.2) is 41.8 Å². The number of nitrogens with zero attached hydrogens (tertiary/aromatic N) is 2. The van der Waals surface area contributed by atoms with Crippen LogP contribution in [0.3, 0.4) is 0 Å². The lowest BCUT2D eigenvalue weighted by Crippen LogP contribution is -2.42. The molecule has 2 aromatic carbocycles. The summed E-state index contributed by atoms with van der Waals surface area (Å²) in [4.78, 5) is 18.6. The van der Waals surface area contributed by atoms with Crippen LogP contribution in [0.2, 0.25) is 0 Å². The maximum atomic E-state index is 13.5. The topological polar surface area (TPSA) is 64.8 Å². The van der Waals surface area contributed by atoms with Crippen molar-refractivity contribution >= 4 is 5.91 Å². The quantitative estimate of drug-likeness (QED) is 0.324. The van der Waals surface area contributed by atoms with Crippen molar-refractivity contribution < 1.29 is 45.0 Å². The normalized spacial score (nSPS) is 24.1. The summed E-state index contributed by atoms with van der Waals surface area (Å²) in [6.07, 6.45) is -9.67. The van der Waals surface area contributed by atoms with E-state index in [-0.39, 0.29) is 41.7 Å². The lowest BCUT2D eigenvalue weighted by atomic mass is 9.76. The molecule has 0 N–H and O–H groups in total. The molecule has 2 fully saturated rings.